The molecular weight excluding hydrogens is 336 g/mol. The summed E-state index contributed by atoms with van der Waals surface area (Å²) >= 11 is 3.47. The van der Waals surface area contributed by atoms with Crippen molar-refractivity contribution in [2.75, 3.05) is 0 Å². The van der Waals surface area contributed by atoms with Crippen molar-refractivity contribution in [1.82, 2.24) is 0 Å². The van der Waals surface area contributed by atoms with Gasteiger partial charge in [0.15, 0.2) is 5.79 Å². The summed E-state index contributed by atoms with van der Waals surface area (Å²) in [6, 6.07) is 8.34. The van der Waals surface area contributed by atoms with Crippen LogP contribution in [0.4, 0.5) is 0 Å². The van der Waals surface area contributed by atoms with Crippen LogP contribution in [0.1, 0.15) is 39.2 Å². The molecule has 0 aromatic heterocycles. The second-order valence-corrected chi connectivity index (χ2v) is 7.70. The first kappa shape index (κ1) is 14.2. The SMILES string of the molecule is CC12CCC3(Cc4ccc(Br)cc4)C(C)(OOC3(C)O1)O2. The van der Waals surface area contributed by atoms with Gasteiger partial charge in [0.25, 0.3) is 0 Å². The van der Waals surface area contributed by atoms with Crippen LogP contribution in [0.3, 0.4) is 0 Å². The van der Waals surface area contributed by atoms with Gasteiger partial charge >= 0.3 is 0 Å². The van der Waals surface area contributed by atoms with Gasteiger partial charge in [-0.15, -0.1) is 0 Å². The van der Waals surface area contributed by atoms with E-state index in [-0.39, 0.29) is 5.41 Å². The van der Waals surface area contributed by atoms with Gasteiger partial charge in [-0.05, 0) is 51.3 Å². The van der Waals surface area contributed by atoms with Crippen LogP contribution in [0, 0.1) is 5.41 Å². The number of hydrogen-bond donors (Lipinski definition) is 0. The monoisotopic (exact) mass is 354 g/mol. The molecule has 0 saturated carbocycles. The van der Waals surface area contributed by atoms with Gasteiger partial charge in [0.05, 0.1) is 5.41 Å². The fraction of sp³-hybridized carbons (Fsp3) is 0.625. The Bertz CT molecular complexity index is 566. The normalized spacial score (nSPS) is 47.8. The number of hydrogen-bond acceptors (Lipinski definition) is 4. The minimum atomic E-state index is -0.778. The van der Waals surface area contributed by atoms with Gasteiger partial charge in [0, 0.05) is 10.9 Å². The van der Waals surface area contributed by atoms with Crippen molar-refractivity contribution in [3.8, 4) is 0 Å². The highest BCUT2D eigenvalue weighted by molar-refractivity contribution is 9.10. The number of rotatable bonds is 2. The van der Waals surface area contributed by atoms with E-state index in [2.05, 4.69) is 40.2 Å². The van der Waals surface area contributed by atoms with Crippen molar-refractivity contribution in [2.45, 2.75) is 57.4 Å². The zero-order valence-electron chi connectivity index (χ0n) is 12.4. The third kappa shape index (κ3) is 1.75. The first-order valence-electron chi connectivity index (χ1n) is 7.32. The number of ether oxygens (including phenoxy) is 2. The van der Waals surface area contributed by atoms with Crippen LogP contribution >= 0.6 is 15.9 Å². The minimum absolute atomic E-state index is 0.342. The third-order valence-electron chi connectivity index (χ3n) is 5.34. The van der Waals surface area contributed by atoms with Crippen molar-refractivity contribution in [2.24, 2.45) is 5.41 Å². The maximum atomic E-state index is 6.14. The molecule has 0 aliphatic carbocycles. The van der Waals surface area contributed by atoms with Gasteiger partial charge in [0.2, 0.25) is 11.6 Å². The molecule has 1 aromatic carbocycles. The first-order chi connectivity index (χ1) is 9.80. The topological polar surface area (TPSA) is 36.9 Å². The summed E-state index contributed by atoms with van der Waals surface area (Å²) in [5.41, 5.74) is 0.883. The predicted octanol–water partition coefficient (Wildman–Crippen LogP) is 3.93. The Hall–Kier alpha value is -0.460. The molecule has 5 rings (SSSR count). The molecule has 0 spiro atoms. The van der Waals surface area contributed by atoms with Crippen molar-refractivity contribution < 1.29 is 19.2 Å². The molecule has 21 heavy (non-hydrogen) atoms. The molecule has 4 saturated heterocycles. The zero-order chi connectivity index (χ0) is 14.9. The van der Waals surface area contributed by atoms with E-state index >= 15 is 0 Å². The van der Waals surface area contributed by atoms with Gasteiger partial charge in [-0.1, -0.05) is 28.1 Å². The lowest BCUT2D eigenvalue weighted by molar-refractivity contribution is -0.454. The van der Waals surface area contributed by atoms with Crippen LogP contribution in [0.2, 0.25) is 0 Å². The maximum Gasteiger partial charge on any atom is 0.213 e. The van der Waals surface area contributed by atoms with E-state index in [0.717, 1.165) is 23.7 Å². The summed E-state index contributed by atoms with van der Waals surface area (Å²) in [5, 5.41) is 0. The molecular formula is C16H19BrO4. The Labute approximate surface area is 132 Å². The fourth-order valence-electron chi connectivity index (χ4n) is 4.16. The smallest absolute Gasteiger partial charge is 0.213 e. The molecule has 4 heterocycles. The third-order valence-corrected chi connectivity index (χ3v) is 5.87. The second kappa shape index (κ2) is 4.09. The molecule has 2 unspecified atom stereocenters. The molecule has 4 bridgehead atoms. The Morgan fingerprint density at radius 2 is 1.52 bits per heavy atom. The highest BCUT2D eigenvalue weighted by Crippen LogP contribution is 2.67. The summed E-state index contributed by atoms with van der Waals surface area (Å²) in [5.74, 6) is -2.18. The average Bonchev–Trinajstić information content (AvgIpc) is 2.55. The molecule has 4 fully saturated rings. The molecule has 0 N–H and O–H groups in total. The van der Waals surface area contributed by atoms with Crippen LogP contribution < -0.4 is 0 Å². The number of benzene rings is 1. The van der Waals surface area contributed by atoms with Gasteiger partial charge in [-0.25, -0.2) is 0 Å². The van der Waals surface area contributed by atoms with E-state index in [4.69, 9.17) is 19.2 Å². The van der Waals surface area contributed by atoms with Gasteiger partial charge < -0.3 is 9.47 Å². The molecule has 0 radical (unpaired) electrons. The zero-order valence-corrected chi connectivity index (χ0v) is 14.0. The molecule has 5 heteroatoms. The van der Waals surface area contributed by atoms with Crippen LogP contribution in [0.25, 0.3) is 0 Å². The lowest BCUT2D eigenvalue weighted by Gasteiger charge is -2.60. The molecule has 4 aliphatic rings. The Balaban J connectivity index is 1.76. The molecule has 1 aromatic rings. The van der Waals surface area contributed by atoms with Crippen LogP contribution in [0.5, 0.6) is 0 Å². The second-order valence-electron chi connectivity index (χ2n) is 6.78. The first-order valence-corrected chi connectivity index (χ1v) is 8.11. The molecule has 2 atom stereocenters. The summed E-state index contributed by atoms with van der Waals surface area (Å²) < 4.78 is 13.3. The Morgan fingerprint density at radius 3 is 2.10 bits per heavy atom. The van der Waals surface area contributed by atoms with Crippen molar-refractivity contribution in [1.29, 1.82) is 0 Å². The lowest BCUT2D eigenvalue weighted by atomic mass is 9.62. The fourth-order valence-corrected chi connectivity index (χ4v) is 4.43. The minimum Gasteiger partial charge on any atom is -0.315 e. The largest absolute Gasteiger partial charge is 0.315 e. The lowest BCUT2D eigenvalue weighted by Crippen LogP contribution is -2.71. The van der Waals surface area contributed by atoms with Crippen LogP contribution in [-0.4, -0.2) is 17.4 Å². The summed E-state index contributed by atoms with van der Waals surface area (Å²) in [6.45, 7) is 5.90. The highest BCUT2D eigenvalue weighted by Gasteiger charge is 2.78. The number of fused-ring (bicyclic) bond motifs is 1. The quantitative estimate of drug-likeness (QED) is 0.754. The van der Waals surface area contributed by atoms with Crippen molar-refractivity contribution in [3.05, 3.63) is 34.3 Å². The van der Waals surface area contributed by atoms with E-state index in [0.29, 0.717) is 0 Å². The van der Waals surface area contributed by atoms with E-state index in [1.807, 2.05) is 20.8 Å². The maximum absolute atomic E-state index is 6.14. The number of halogens is 1. The van der Waals surface area contributed by atoms with Crippen LogP contribution in [-0.2, 0) is 25.7 Å². The van der Waals surface area contributed by atoms with E-state index in [1.165, 1.54) is 5.56 Å². The average molecular weight is 355 g/mol. The van der Waals surface area contributed by atoms with E-state index in [1.54, 1.807) is 0 Å². The molecule has 0 amide bonds. The van der Waals surface area contributed by atoms with Crippen LogP contribution in [0.15, 0.2) is 28.7 Å². The summed E-state index contributed by atoms with van der Waals surface area (Å²) in [4.78, 5) is 11.2. The van der Waals surface area contributed by atoms with Gasteiger partial charge in [-0.3, -0.25) is 0 Å². The molecule has 4 aliphatic heterocycles. The Kier molecular flexibility index (Phi) is 2.75. The van der Waals surface area contributed by atoms with Crippen molar-refractivity contribution in [3.63, 3.8) is 0 Å². The van der Waals surface area contributed by atoms with E-state index < -0.39 is 17.4 Å². The molecule has 114 valence electrons. The van der Waals surface area contributed by atoms with E-state index in [9.17, 15) is 0 Å². The highest BCUT2D eigenvalue weighted by atomic mass is 79.9. The van der Waals surface area contributed by atoms with Gasteiger partial charge in [-0.2, -0.15) is 9.78 Å². The van der Waals surface area contributed by atoms with Gasteiger partial charge in [0.1, 0.15) is 0 Å². The molecule has 4 nitrogen and oxygen atoms in total. The summed E-state index contributed by atoms with van der Waals surface area (Å²) in [7, 11) is 0. The van der Waals surface area contributed by atoms with Crippen molar-refractivity contribution >= 4 is 15.9 Å². The standard InChI is InChI=1S/C16H19BrO4/c1-13-8-9-16(10-11-4-6-12(17)7-5-11)14(2,18-13)20-21-15(16,3)19-13/h4-7H,8-10H2,1-3H3. The Morgan fingerprint density at radius 1 is 0.952 bits per heavy atom. The summed E-state index contributed by atoms with van der Waals surface area (Å²) in [6.07, 6.45) is 2.59. The predicted molar refractivity (Wildman–Crippen MR) is 79.1 cm³/mol.